The fourth-order valence-electron chi connectivity index (χ4n) is 0.641. The Morgan fingerprint density at radius 3 is 2.64 bits per heavy atom. The number of carboxylic acids is 1. The zero-order valence-electron chi connectivity index (χ0n) is 5.39. The van der Waals surface area contributed by atoms with Gasteiger partial charge in [-0.15, -0.1) is 0 Å². The number of carbonyl (C=O) groups excluding carboxylic acids is 1. The first-order valence-electron chi connectivity index (χ1n) is 2.70. The lowest BCUT2D eigenvalue weighted by atomic mass is 10.4. The molecule has 0 aliphatic rings. The second-order valence-electron chi connectivity index (χ2n) is 1.77. The molecule has 6 heteroatoms. The lowest BCUT2D eigenvalue weighted by Gasteiger charge is -1.95. The van der Waals surface area contributed by atoms with Gasteiger partial charge in [-0.3, -0.25) is 0 Å². The predicted octanol–water partition coefficient (Wildman–Crippen LogP) is -0.492. The van der Waals surface area contributed by atoms with E-state index in [1.54, 1.807) is 0 Å². The van der Waals surface area contributed by atoms with E-state index in [1.165, 1.54) is 12.3 Å². The van der Waals surface area contributed by atoms with E-state index in [-0.39, 0.29) is 5.69 Å². The molecule has 3 N–H and O–H groups in total. The van der Waals surface area contributed by atoms with Crippen molar-refractivity contribution in [2.24, 2.45) is 5.73 Å². The highest BCUT2D eigenvalue weighted by Gasteiger charge is 2.12. The van der Waals surface area contributed by atoms with Gasteiger partial charge in [0.2, 0.25) is 0 Å². The van der Waals surface area contributed by atoms with Crippen molar-refractivity contribution in [3.63, 3.8) is 0 Å². The summed E-state index contributed by atoms with van der Waals surface area (Å²) >= 11 is 0. The van der Waals surface area contributed by atoms with Gasteiger partial charge in [-0.1, -0.05) is 0 Å². The third-order valence-electron chi connectivity index (χ3n) is 1.07. The Morgan fingerprint density at radius 2 is 2.27 bits per heavy atom. The molecule has 0 saturated heterocycles. The summed E-state index contributed by atoms with van der Waals surface area (Å²) in [5.41, 5.74) is 4.56. The van der Waals surface area contributed by atoms with Crippen LogP contribution >= 0.6 is 0 Å². The molecule has 1 aromatic heterocycles. The van der Waals surface area contributed by atoms with Gasteiger partial charge < -0.3 is 10.8 Å². The number of hydrogen-bond acceptors (Lipinski definition) is 3. The van der Waals surface area contributed by atoms with Crippen molar-refractivity contribution >= 4 is 12.0 Å². The van der Waals surface area contributed by atoms with Crippen molar-refractivity contribution < 1.29 is 14.7 Å². The SMILES string of the molecule is NC(=O)n1nccc1C(=O)O. The van der Waals surface area contributed by atoms with Crippen LogP contribution in [0.2, 0.25) is 0 Å². The first-order valence-corrected chi connectivity index (χ1v) is 2.70. The highest BCUT2D eigenvalue weighted by Crippen LogP contribution is 1.96. The van der Waals surface area contributed by atoms with Crippen molar-refractivity contribution in [3.05, 3.63) is 18.0 Å². The molecule has 11 heavy (non-hydrogen) atoms. The van der Waals surface area contributed by atoms with Crippen LogP contribution in [0.1, 0.15) is 10.5 Å². The minimum Gasteiger partial charge on any atom is -0.477 e. The molecule has 1 aromatic rings. The van der Waals surface area contributed by atoms with E-state index in [0.29, 0.717) is 4.68 Å². The van der Waals surface area contributed by atoms with E-state index in [4.69, 9.17) is 10.8 Å². The van der Waals surface area contributed by atoms with Gasteiger partial charge in [0.05, 0.1) is 6.20 Å². The predicted molar refractivity (Wildman–Crippen MR) is 34.2 cm³/mol. The highest BCUT2D eigenvalue weighted by molar-refractivity contribution is 5.90. The maximum atomic E-state index is 10.4. The number of carboxylic acid groups (broad SMARTS) is 1. The maximum Gasteiger partial charge on any atom is 0.354 e. The van der Waals surface area contributed by atoms with Crippen LogP contribution in [-0.2, 0) is 0 Å². The number of aromatic nitrogens is 2. The van der Waals surface area contributed by atoms with Crippen molar-refractivity contribution in [1.82, 2.24) is 9.78 Å². The lowest BCUT2D eigenvalue weighted by molar-refractivity contribution is 0.0685. The summed E-state index contributed by atoms with van der Waals surface area (Å²) in [4.78, 5) is 20.8. The Labute approximate surface area is 61.2 Å². The second-order valence-corrected chi connectivity index (χ2v) is 1.77. The van der Waals surface area contributed by atoms with Gasteiger partial charge in [-0.2, -0.15) is 9.78 Å². The number of rotatable bonds is 1. The second kappa shape index (κ2) is 2.41. The van der Waals surface area contributed by atoms with Crippen LogP contribution in [0.5, 0.6) is 0 Å². The van der Waals surface area contributed by atoms with E-state index in [2.05, 4.69) is 5.10 Å². The first-order chi connectivity index (χ1) is 5.13. The van der Waals surface area contributed by atoms with Gasteiger partial charge >= 0.3 is 12.0 Å². The van der Waals surface area contributed by atoms with Crippen LogP contribution in [0.15, 0.2) is 12.3 Å². The monoisotopic (exact) mass is 155 g/mol. The Balaban J connectivity index is 3.16. The molecule has 0 aromatic carbocycles. The molecule has 1 rings (SSSR count). The zero-order chi connectivity index (χ0) is 8.43. The molecule has 0 spiro atoms. The Hall–Kier alpha value is -1.85. The lowest BCUT2D eigenvalue weighted by Crippen LogP contribution is -2.24. The topological polar surface area (TPSA) is 98.2 Å². The summed E-state index contributed by atoms with van der Waals surface area (Å²) in [6.07, 6.45) is 1.19. The van der Waals surface area contributed by atoms with Gasteiger partial charge in [0.1, 0.15) is 0 Å². The number of carbonyl (C=O) groups is 2. The molecule has 0 radical (unpaired) electrons. The molecule has 0 unspecified atom stereocenters. The summed E-state index contributed by atoms with van der Waals surface area (Å²) in [5, 5.41) is 11.8. The van der Waals surface area contributed by atoms with E-state index in [1.807, 2.05) is 0 Å². The molecular formula is C5H5N3O3. The van der Waals surface area contributed by atoms with Gasteiger partial charge in [0, 0.05) is 0 Å². The van der Waals surface area contributed by atoms with E-state index in [0.717, 1.165) is 0 Å². The molecule has 0 saturated carbocycles. The largest absolute Gasteiger partial charge is 0.477 e. The Bertz CT molecular complexity index is 275. The molecule has 6 nitrogen and oxygen atoms in total. The molecular weight excluding hydrogens is 150 g/mol. The van der Waals surface area contributed by atoms with Crippen LogP contribution in [0, 0.1) is 0 Å². The van der Waals surface area contributed by atoms with Gasteiger partial charge in [0.25, 0.3) is 0 Å². The first kappa shape index (κ1) is 7.26. The van der Waals surface area contributed by atoms with Crippen molar-refractivity contribution in [1.29, 1.82) is 0 Å². The van der Waals surface area contributed by atoms with Crippen LogP contribution in [0.25, 0.3) is 0 Å². The fourth-order valence-corrected chi connectivity index (χ4v) is 0.641. The Kier molecular flexibility index (Phi) is 1.59. The number of nitrogens with two attached hydrogens (primary N) is 1. The molecule has 0 aliphatic carbocycles. The van der Waals surface area contributed by atoms with E-state index in [9.17, 15) is 9.59 Å². The zero-order valence-corrected chi connectivity index (χ0v) is 5.39. The molecule has 0 atom stereocenters. The minimum absolute atomic E-state index is 0.238. The Morgan fingerprint density at radius 1 is 1.64 bits per heavy atom. The molecule has 1 amide bonds. The molecule has 58 valence electrons. The summed E-state index contributed by atoms with van der Waals surface area (Å²) in [6, 6.07) is 0.278. The van der Waals surface area contributed by atoms with E-state index < -0.39 is 12.0 Å². The summed E-state index contributed by atoms with van der Waals surface area (Å²) in [7, 11) is 0. The summed E-state index contributed by atoms with van der Waals surface area (Å²) < 4.78 is 0.613. The molecule has 0 fully saturated rings. The van der Waals surface area contributed by atoms with Crippen molar-refractivity contribution in [3.8, 4) is 0 Å². The number of amides is 1. The minimum atomic E-state index is -1.23. The normalized spacial score (nSPS) is 9.45. The number of nitrogens with zero attached hydrogens (tertiary/aromatic N) is 2. The van der Waals surface area contributed by atoms with E-state index >= 15 is 0 Å². The van der Waals surface area contributed by atoms with Gasteiger partial charge in [-0.25, -0.2) is 9.59 Å². The standard InChI is InChI=1S/C5H5N3O3/c6-5(11)8-3(4(9)10)1-2-7-8/h1-2H,(H2,6,11)(H,9,10). The third kappa shape index (κ3) is 1.18. The van der Waals surface area contributed by atoms with Crippen LogP contribution in [0.3, 0.4) is 0 Å². The van der Waals surface area contributed by atoms with Crippen LogP contribution in [-0.4, -0.2) is 26.9 Å². The maximum absolute atomic E-state index is 10.4. The highest BCUT2D eigenvalue weighted by atomic mass is 16.4. The smallest absolute Gasteiger partial charge is 0.354 e. The van der Waals surface area contributed by atoms with Crippen molar-refractivity contribution in [2.45, 2.75) is 0 Å². The van der Waals surface area contributed by atoms with Gasteiger partial charge in [-0.05, 0) is 6.07 Å². The van der Waals surface area contributed by atoms with Gasteiger partial charge in [0.15, 0.2) is 5.69 Å². The van der Waals surface area contributed by atoms with Crippen molar-refractivity contribution in [2.75, 3.05) is 0 Å². The quantitative estimate of drug-likeness (QED) is 0.571. The molecule has 1 heterocycles. The number of hydrogen-bond donors (Lipinski definition) is 2. The molecule has 0 bridgehead atoms. The number of aromatic carboxylic acids is 1. The molecule has 0 aliphatic heterocycles. The van der Waals surface area contributed by atoms with Crippen LogP contribution < -0.4 is 5.73 Å². The summed E-state index contributed by atoms with van der Waals surface area (Å²) in [5.74, 6) is -1.23. The number of primary amides is 1. The average molecular weight is 155 g/mol. The fraction of sp³-hybridized carbons (Fsp3) is 0. The average Bonchev–Trinajstić information content (AvgIpc) is 2.32. The van der Waals surface area contributed by atoms with Crippen LogP contribution in [0.4, 0.5) is 4.79 Å². The third-order valence-corrected chi connectivity index (χ3v) is 1.07. The summed E-state index contributed by atoms with van der Waals surface area (Å²) in [6.45, 7) is 0.